The molecule has 17 heavy (non-hydrogen) atoms. The number of aliphatic hydroxyl groups excluding tert-OH is 1. The molecule has 1 aromatic heterocycles. The van der Waals surface area contributed by atoms with Crippen LogP contribution < -0.4 is 0 Å². The lowest BCUT2D eigenvalue weighted by Crippen LogP contribution is -2.28. The highest BCUT2D eigenvalue weighted by molar-refractivity contribution is 4.94. The Morgan fingerprint density at radius 1 is 1.35 bits per heavy atom. The highest BCUT2D eigenvalue weighted by Crippen LogP contribution is 2.05. The zero-order chi connectivity index (χ0) is 12.7. The third kappa shape index (κ3) is 4.48. The normalized spacial score (nSPS) is 13.2. The summed E-state index contributed by atoms with van der Waals surface area (Å²) in [5, 5.41) is 10.0. The fraction of sp³-hybridized carbons (Fsp3) is 0.769. The van der Waals surface area contributed by atoms with Crippen LogP contribution in [0.3, 0.4) is 0 Å². The summed E-state index contributed by atoms with van der Waals surface area (Å²) in [6, 6.07) is 0. The number of hydrogen-bond donors (Lipinski definition) is 1. The van der Waals surface area contributed by atoms with E-state index in [9.17, 15) is 5.11 Å². The van der Waals surface area contributed by atoms with E-state index in [1.807, 2.05) is 6.20 Å². The third-order valence-corrected chi connectivity index (χ3v) is 3.23. The van der Waals surface area contributed by atoms with E-state index in [0.29, 0.717) is 6.42 Å². The van der Waals surface area contributed by atoms with Crippen LogP contribution in [0.15, 0.2) is 12.4 Å². The molecule has 0 aliphatic heterocycles. The summed E-state index contributed by atoms with van der Waals surface area (Å²) in [7, 11) is 0. The van der Waals surface area contributed by atoms with Crippen molar-refractivity contribution in [1.29, 1.82) is 0 Å². The minimum Gasteiger partial charge on any atom is -0.393 e. The molecule has 0 radical (unpaired) electrons. The van der Waals surface area contributed by atoms with Crippen molar-refractivity contribution in [3.05, 3.63) is 18.2 Å². The van der Waals surface area contributed by atoms with Crippen LogP contribution in [0.25, 0.3) is 0 Å². The predicted molar refractivity (Wildman–Crippen MR) is 70.0 cm³/mol. The van der Waals surface area contributed by atoms with Crippen LogP contribution >= 0.6 is 0 Å². The first-order valence-corrected chi connectivity index (χ1v) is 6.61. The zero-order valence-corrected chi connectivity index (χ0v) is 11.3. The molecule has 4 nitrogen and oxygen atoms in total. The lowest BCUT2D eigenvalue weighted by Gasteiger charge is -2.20. The van der Waals surface area contributed by atoms with E-state index < -0.39 is 0 Å². The van der Waals surface area contributed by atoms with Crippen molar-refractivity contribution in [2.75, 3.05) is 19.6 Å². The van der Waals surface area contributed by atoms with Gasteiger partial charge in [0.2, 0.25) is 0 Å². The van der Waals surface area contributed by atoms with Crippen LogP contribution in [0, 0.1) is 0 Å². The van der Waals surface area contributed by atoms with Crippen LogP contribution in [-0.4, -0.2) is 45.3 Å². The average molecular weight is 239 g/mol. The van der Waals surface area contributed by atoms with E-state index in [4.69, 9.17) is 0 Å². The molecule has 1 atom stereocenters. The Kier molecular flexibility index (Phi) is 6.22. The van der Waals surface area contributed by atoms with Crippen LogP contribution in [0.4, 0.5) is 0 Å². The van der Waals surface area contributed by atoms with E-state index >= 15 is 0 Å². The van der Waals surface area contributed by atoms with E-state index in [2.05, 4.69) is 35.2 Å². The molecule has 0 aromatic carbocycles. The molecule has 0 bridgehead atoms. The van der Waals surface area contributed by atoms with Gasteiger partial charge in [-0.1, -0.05) is 13.8 Å². The fourth-order valence-corrected chi connectivity index (χ4v) is 2.00. The SMILES string of the molecule is CCN(CC)CCC(O)Cc1nccn1CC. The van der Waals surface area contributed by atoms with Gasteiger partial charge < -0.3 is 14.6 Å². The molecule has 1 unspecified atom stereocenters. The Labute approximate surface area is 104 Å². The molecule has 0 amide bonds. The van der Waals surface area contributed by atoms with Crippen LogP contribution in [0.1, 0.15) is 33.0 Å². The van der Waals surface area contributed by atoms with Crippen molar-refractivity contribution >= 4 is 0 Å². The Morgan fingerprint density at radius 3 is 2.65 bits per heavy atom. The molecule has 1 aromatic rings. The minimum atomic E-state index is -0.289. The Balaban J connectivity index is 2.36. The monoisotopic (exact) mass is 239 g/mol. The lowest BCUT2D eigenvalue weighted by molar-refractivity contribution is 0.141. The van der Waals surface area contributed by atoms with Gasteiger partial charge in [-0.15, -0.1) is 0 Å². The Morgan fingerprint density at radius 2 is 2.06 bits per heavy atom. The quantitative estimate of drug-likeness (QED) is 0.748. The second-order valence-electron chi connectivity index (χ2n) is 4.30. The van der Waals surface area contributed by atoms with Crippen LogP contribution in [-0.2, 0) is 13.0 Å². The van der Waals surface area contributed by atoms with Crippen molar-refractivity contribution in [3.8, 4) is 0 Å². The summed E-state index contributed by atoms with van der Waals surface area (Å²) in [6.07, 6.45) is 4.95. The standard InChI is InChI=1S/C13H25N3O/c1-4-15(5-2)9-7-12(17)11-13-14-8-10-16(13)6-3/h8,10,12,17H,4-7,9,11H2,1-3H3. The van der Waals surface area contributed by atoms with Gasteiger partial charge in [-0.2, -0.15) is 0 Å². The van der Waals surface area contributed by atoms with Crippen molar-refractivity contribution in [2.45, 2.75) is 46.3 Å². The number of rotatable bonds is 8. The van der Waals surface area contributed by atoms with Gasteiger partial charge in [0.15, 0.2) is 0 Å². The molecule has 1 heterocycles. The Hall–Kier alpha value is -0.870. The molecule has 0 aliphatic carbocycles. The first-order chi connectivity index (χ1) is 8.21. The summed E-state index contributed by atoms with van der Waals surface area (Å²) in [5.41, 5.74) is 0. The van der Waals surface area contributed by atoms with Gasteiger partial charge in [0, 0.05) is 31.9 Å². The maximum absolute atomic E-state index is 10.0. The molecule has 1 rings (SSSR count). The van der Waals surface area contributed by atoms with Crippen molar-refractivity contribution < 1.29 is 5.11 Å². The molecule has 0 saturated carbocycles. The number of aliphatic hydroxyl groups is 1. The number of aromatic nitrogens is 2. The van der Waals surface area contributed by atoms with Gasteiger partial charge in [0.25, 0.3) is 0 Å². The molecule has 0 saturated heterocycles. The maximum atomic E-state index is 10.0. The first-order valence-electron chi connectivity index (χ1n) is 6.61. The summed E-state index contributed by atoms with van der Waals surface area (Å²) in [6.45, 7) is 10.4. The summed E-state index contributed by atoms with van der Waals surface area (Å²) in [4.78, 5) is 6.61. The maximum Gasteiger partial charge on any atom is 0.111 e. The highest BCUT2D eigenvalue weighted by Gasteiger charge is 2.11. The summed E-state index contributed by atoms with van der Waals surface area (Å²) >= 11 is 0. The second-order valence-corrected chi connectivity index (χ2v) is 4.30. The molecular weight excluding hydrogens is 214 g/mol. The molecular formula is C13H25N3O. The smallest absolute Gasteiger partial charge is 0.111 e. The lowest BCUT2D eigenvalue weighted by atomic mass is 10.1. The first kappa shape index (κ1) is 14.2. The number of imidazole rings is 1. The second kappa shape index (κ2) is 7.45. The van der Waals surface area contributed by atoms with Crippen molar-refractivity contribution in [3.63, 3.8) is 0 Å². The van der Waals surface area contributed by atoms with E-state index in [-0.39, 0.29) is 6.10 Å². The molecule has 4 heteroatoms. The number of nitrogens with zero attached hydrogens (tertiary/aromatic N) is 3. The highest BCUT2D eigenvalue weighted by atomic mass is 16.3. The van der Waals surface area contributed by atoms with Crippen molar-refractivity contribution in [1.82, 2.24) is 14.5 Å². The average Bonchev–Trinajstić information content (AvgIpc) is 2.77. The molecule has 0 spiro atoms. The summed E-state index contributed by atoms with van der Waals surface area (Å²) < 4.78 is 2.08. The van der Waals surface area contributed by atoms with E-state index in [0.717, 1.165) is 38.4 Å². The largest absolute Gasteiger partial charge is 0.393 e. The molecule has 0 aliphatic rings. The van der Waals surface area contributed by atoms with Crippen molar-refractivity contribution in [2.24, 2.45) is 0 Å². The number of hydrogen-bond acceptors (Lipinski definition) is 3. The minimum absolute atomic E-state index is 0.289. The van der Waals surface area contributed by atoms with Gasteiger partial charge in [-0.05, 0) is 26.4 Å². The van der Waals surface area contributed by atoms with Gasteiger partial charge in [0.05, 0.1) is 6.10 Å². The summed E-state index contributed by atoms with van der Waals surface area (Å²) in [5.74, 6) is 0.986. The zero-order valence-electron chi connectivity index (χ0n) is 11.3. The third-order valence-electron chi connectivity index (χ3n) is 3.23. The van der Waals surface area contributed by atoms with Gasteiger partial charge in [0.1, 0.15) is 5.82 Å². The fourth-order valence-electron chi connectivity index (χ4n) is 2.00. The molecule has 98 valence electrons. The Bertz CT molecular complexity index is 307. The molecule has 1 N–H and O–H groups in total. The van der Waals surface area contributed by atoms with Crippen LogP contribution in [0.2, 0.25) is 0 Å². The van der Waals surface area contributed by atoms with E-state index in [1.54, 1.807) is 6.20 Å². The van der Waals surface area contributed by atoms with Gasteiger partial charge >= 0.3 is 0 Å². The van der Waals surface area contributed by atoms with E-state index in [1.165, 1.54) is 0 Å². The topological polar surface area (TPSA) is 41.3 Å². The molecule has 0 fully saturated rings. The van der Waals surface area contributed by atoms with Gasteiger partial charge in [-0.3, -0.25) is 0 Å². The van der Waals surface area contributed by atoms with Crippen LogP contribution in [0.5, 0.6) is 0 Å². The predicted octanol–water partition coefficient (Wildman–Crippen LogP) is 1.54. The van der Waals surface area contributed by atoms with Gasteiger partial charge in [-0.25, -0.2) is 4.98 Å². The number of aryl methyl sites for hydroxylation is 1.